The van der Waals surface area contributed by atoms with Gasteiger partial charge in [-0.25, -0.2) is 0 Å². The van der Waals surface area contributed by atoms with Crippen molar-refractivity contribution in [2.45, 2.75) is 38.1 Å². The minimum Gasteiger partial charge on any atom is -0.384 e. The molecule has 0 unspecified atom stereocenters. The smallest absolute Gasteiger partial charge is 0.253 e. The van der Waals surface area contributed by atoms with Crippen molar-refractivity contribution >= 4 is 11.6 Å². The summed E-state index contributed by atoms with van der Waals surface area (Å²) in [5, 5.41) is 3.35. The van der Waals surface area contributed by atoms with Gasteiger partial charge >= 0.3 is 0 Å². The molecule has 1 saturated heterocycles. The second kappa shape index (κ2) is 5.92. The van der Waals surface area contributed by atoms with E-state index in [2.05, 4.69) is 22.3 Å². The molecule has 3 aliphatic rings. The minimum absolute atomic E-state index is 0.209. The number of carbonyl (C=O) groups excluding carboxylic acids is 1. The van der Waals surface area contributed by atoms with E-state index in [0.29, 0.717) is 0 Å². The number of anilines is 1. The monoisotopic (exact) mass is 299 g/mol. The summed E-state index contributed by atoms with van der Waals surface area (Å²) in [5.41, 5.74) is 3.34. The van der Waals surface area contributed by atoms with E-state index in [1.54, 1.807) is 0 Å². The minimum atomic E-state index is 0.209. The first-order valence-electron chi connectivity index (χ1n) is 8.71. The quantitative estimate of drug-likeness (QED) is 0.910. The van der Waals surface area contributed by atoms with Crippen molar-refractivity contribution < 1.29 is 4.79 Å². The Morgan fingerprint density at radius 3 is 2.64 bits per heavy atom. The lowest BCUT2D eigenvalue weighted by Gasteiger charge is -2.38. The number of piperazine rings is 1. The first-order valence-corrected chi connectivity index (χ1v) is 8.71. The van der Waals surface area contributed by atoms with Gasteiger partial charge in [-0.3, -0.25) is 9.69 Å². The maximum absolute atomic E-state index is 12.7. The van der Waals surface area contributed by atoms with Crippen LogP contribution in [0, 0.1) is 0 Å². The van der Waals surface area contributed by atoms with Crippen LogP contribution in [-0.4, -0.2) is 54.5 Å². The summed E-state index contributed by atoms with van der Waals surface area (Å²) in [5.74, 6) is 0.209. The first-order chi connectivity index (χ1) is 10.8. The van der Waals surface area contributed by atoms with Crippen LogP contribution in [0.4, 0.5) is 5.69 Å². The number of nitrogens with one attached hydrogen (secondary N) is 1. The lowest BCUT2D eigenvalue weighted by molar-refractivity contribution is 0.0573. The van der Waals surface area contributed by atoms with Gasteiger partial charge in [0.2, 0.25) is 0 Å². The first kappa shape index (κ1) is 14.1. The van der Waals surface area contributed by atoms with Gasteiger partial charge in [-0.2, -0.15) is 0 Å². The molecule has 118 valence electrons. The van der Waals surface area contributed by atoms with E-state index in [9.17, 15) is 4.79 Å². The summed E-state index contributed by atoms with van der Waals surface area (Å²) in [6.07, 6.45) is 6.50. The zero-order valence-electron chi connectivity index (χ0n) is 13.2. The molecule has 1 aliphatic carbocycles. The van der Waals surface area contributed by atoms with Crippen molar-refractivity contribution in [3.8, 4) is 0 Å². The SMILES string of the molecule is O=C(c1ccc2c(c1)CCN2)N1CCN(C2CCCC2)CC1. The molecule has 0 atom stereocenters. The van der Waals surface area contributed by atoms with E-state index in [0.717, 1.165) is 50.7 Å². The van der Waals surface area contributed by atoms with Crippen LogP contribution in [0.2, 0.25) is 0 Å². The fourth-order valence-corrected chi connectivity index (χ4v) is 4.18. The van der Waals surface area contributed by atoms with Gasteiger partial charge in [0.25, 0.3) is 5.91 Å². The summed E-state index contributed by atoms with van der Waals surface area (Å²) in [7, 11) is 0. The summed E-state index contributed by atoms with van der Waals surface area (Å²) in [6, 6.07) is 6.90. The third kappa shape index (κ3) is 2.60. The average Bonchev–Trinajstić information content (AvgIpc) is 3.25. The van der Waals surface area contributed by atoms with E-state index < -0.39 is 0 Å². The maximum Gasteiger partial charge on any atom is 0.253 e. The lowest BCUT2D eigenvalue weighted by atomic mass is 10.1. The Kier molecular flexibility index (Phi) is 3.78. The molecule has 0 aromatic heterocycles. The molecule has 22 heavy (non-hydrogen) atoms. The highest BCUT2D eigenvalue weighted by atomic mass is 16.2. The Hall–Kier alpha value is -1.55. The molecule has 2 heterocycles. The van der Waals surface area contributed by atoms with Gasteiger partial charge in [-0.05, 0) is 43.0 Å². The standard InChI is InChI=1S/C18H25N3O/c22-18(15-5-6-17-14(13-15)7-8-19-17)21-11-9-20(10-12-21)16-3-1-2-4-16/h5-6,13,16,19H,1-4,7-12H2. The van der Waals surface area contributed by atoms with Gasteiger partial charge in [0.05, 0.1) is 0 Å². The fraction of sp³-hybridized carbons (Fsp3) is 0.611. The van der Waals surface area contributed by atoms with Crippen molar-refractivity contribution in [2.24, 2.45) is 0 Å². The predicted octanol–water partition coefficient (Wildman–Crippen LogP) is 2.36. The summed E-state index contributed by atoms with van der Waals surface area (Å²) in [6.45, 7) is 4.84. The van der Waals surface area contributed by atoms with Gasteiger partial charge in [0, 0.05) is 50.0 Å². The molecule has 1 amide bonds. The number of rotatable bonds is 2. The van der Waals surface area contributed by atoms with Crippen LogP contribution in [0.15, 0.2) is 18.2 Å². The van der Waals surface area contributed by atoms with Gasteiger partial charge in [0.15, 0.2) is 0 Å². The topological polar surface area (TPSA) is 35.6 Å². The molecule has 4 nitrogen and oxygen atoms in total. The van der Waals surface area contributed by atoms with Gasteiger partial charge in [-0.1, -0.05) is 12.8 Å². The molecule has 4 rings (SSSR count). The van der Waals surface area contributed by atoms with Crippen LogP contribution in [-0.2, 0) is 6.42 Å². The zero-order chi connectivity index (χ0) is 14.9. The van der Waals surface area contributed by atoms with Gasteiger partial charge in [0.1, 0.15) is 0 Å². The molecule has 2 aliphatic heterocycles. The van der Waals surface area contributed by atoms with Crippen molar-refractivity contribution in [3.63, 3.8) is 0 Å². The van der Waals surface area contributed by atoms with E-state index in [-0.39, 0.29) is 5.91 Å². The molecule has 1 aromatic carbocycles. The molecular weight excluding hydrogens is 274 g/mol. The maximum atomic E-state index is 12.7. The van der Waals surface area contributed by atoms with Crippen LogP contribution in [0.3, 0.4) is 0 Å². The Bertz CT molecular complexity index is 557. The molecule has 1 saturated carbocycles. The molecule has 0 radical (unpaired) electrons. The molecule has 0 spiro atoms. The lowest BCUT2D eigenvalue weighted by Crippen LogP contribution is -2.51. The largest absolute Gasteiger partial charge is 0.384 e. The Labute approximate surface area is 132 Å². The van der Waals surface area contributed by atoms with Crippen molar-refractivity contribution in [2.75, 3.05) is 38.0 Å². The van der Waals surface area contributed by atoms with Crippen LogP contribution in [0.5, 0.6) is 0 Å². The number of hydrogen-bond donors (Lipinski definition) is 1. The average molecular weight is 299 g/mol. The second-order valence-corrected chi connectivity index (χ2v) is 6.82. The Balaban J connectivity index is 1.39. The van der Waals surface area contributed by atoms with Crippen LogP contribution in [0.1, 0.15) is 41.6 Å². The van der Waals surface area contributed by atoms with Crippen LogP contribution >= 0.6 is 0 Å². The van der Waals surface area contributed by atoms with E-state index in [1.165, 1.54) is 36.9 Å². The van der Waals surface area contributed by atoms with E-state index in [1.807, 2.05) is 11.0 Å². The molecule has 0 bridgehead atoms. The van der Waals surface area contributed by atoms with Crippen LogP contribution in [0.25, 0.3) is 0 Å². The highest BCUT2D eigenvalue weighted by Crippen LogP contribution is 2.26. The number of nitrogens with zero attached hydrogens (tertiary/aromatic N) is 2. The highest BCUT2D eigenvalue weighted by molar-refractivity contribution is 5.95. The fourth-order valence-electron chi connectivity index (χ4n) is 4.18. The van der Waals surface area contributed by atoms with Crippen molar-refractivity contribution in [1.29, 1.82) is 0 Å². The number of carbonyl (C=O) groups is 1. The molecule has 1 aromatic rings. The predicted molar refractivity (Wildman–Crippen MR) is 88.4 cm³/mol. The number of amides is 1. The Morgan fingerprint density at radius 2 is 1.86 bits per heavy atom. The summed E-state index contributed by atoms with van der Waals surface area (Å²) in [4.78, 5) is 17.4. The highest BCUT2D eigenvalue weighted by Gasteiger charge is 2.28. The van der Waals surface area contributed by atoms with Crippen LogP contribution < -0.4 is 5.32 Å². The Morgan fingerprint density at radius 1 is 1.09 bits per heavy atom. The zero-order valence-corrected chi connectivity index (χ0v) is 13.2. The van der Waals surface area contributed by atoms with Gasteiger partial charge in [-0.15, -0.1) is 0 Å². The molecule has 4 heteroatoms. The summed E-state index contributed by atoms with van der Waals surface area (Å²) >= 11 is 0. The van der Waals surface area contributed by atoms with Crippen molar-refractivity contribution in [3.05, 3.63) is 29.3 Å². The van der Waals surface area contributed by atoms with E-state index in [4.69, 9.17) is 0 Å². The number of benzene rings is 1. The second-order valence-electron chi connectivity index (χ2n) is 6.82. The molecule has 1 N–H and O–H groups in total. The number of hydrogen-bond acceptors (Lipinski definition) is 3. The molecular formula is C18H25N3O. The van der Waals surface area contributed by atoms with E-state index >= 15 is 0 Å². The third-order valence-corrected chi connectivity index (χ3v) is 5.50. The number of fused-ring (bicyclic) bond motifs is 1. The van der Waals surface area contributed by atoms with Crippen molar-refractivity contribution in [1.82, 2.24) is 9.80 Å². The molecule has 2 fully saturated rings. The van der Waals surface area contributed by atoms with Gasteiger partial charge < -0.3 is 10.2 Å². The third-order valence-electron chi connectivity index (χ3n) is 5.50. The summed E-state index contributed by atoms with van der Waals surface area (Å²) < 4.78 is 0. The normalized spacial score (nSPS) is 22.6.